The van der Waals surface area contributed by atoms with Crippen LogP contribution in [0.1, 0.15) is 12.0 Å². The van der Waals surface area contributed by atoms with Gasteiger partial charge in [-0.2, -0.15) is 0 Å². The Hall–Kier alpha value is -1.99. The van der Waals surface area contributed by atoms with E-state index in [4.69, 9.17) is 5.11 Å². The number of carbonyl (C=O) groups is 1. The second-order valence-corrected chi connectivity index (χ2v) is 2.97. The van der Waals surface area contributed by atoms with Gasteiger partial charge in [-0.15, -0.1) is 0 Å². The zero-order valence-electron chi connectivity index (χ0n) is 8.99. The zero-order valence-corrected chi connectivity index (χ0v) is 8.99. The number of aliphatic hydroxyl groups is 1. The number of hydrogen-bond donors (Lipinski definition) is 2. The largest absolute Gasteiger partial charge is 0.453 e. The molecule has 0 aliphatic carbocycles. The molecule has 0 saturated carbocycles. The Morgan fingerprint density at radius 2 is 2.38 bits per heavy atom. The lowest BCUT2D eigenvalue weighted by Crippen LogP contribution is -2.10. The first-order valence-electron chi connectivity index (χ1n) is 4.81. The number of amides is 1. The van der Waals surface area contributed by atoms with Gasteiger partial charge < -0.3 is 9.84 Å². The summed E-state index contributed by atoms with van der Waals surface area (Å²) in [5, 5.41) is 11.1. The van der Waals surface area contributed by atoms with Crippen LogP contribution in [0.25, 0.3) is 0 Å². The Kier molecular flexibility index (Phi) is 4.90. The summed E-state index contributed by atoms with van der Waals surface area (Å²) >= 11 is 0. The molecule has 84 valence electrons. The average Bonchev–Trinajstić information content (AvgIpc) is 2.30. The summed E-state index contributed by atoms with van der Waals surface area (Å²) in [4.78, 5) is 11.0. The lowest BCUT2D eigenvalue weighted by Gasteiger charge is -2.03. The number of ether oxygens (including phenoxy) is 1. The number of methoxy groups -OCH3 is 1. The minimum absolute atomic E-state index is 0.0487. The van der Waals surface area contributed by atoms with Crippen LogP contribution >= 0.6 is 0 Å². The second kappa shape index (κ2) is 6.49. The predicted molar refractivity (Wildman–Crippen MR) is 61.1 cm³/mol. The number of rotatable bonds is 2. The molecule has 1 amide bonds. The van der Waals surface area contributed by atoms with Crippen LogP contribution < -0.4 is 5.32 Å². The molecule has 0 saturated heterocycles. The van der Waals surface area contributed by atoms with Crippen molar-refractivity contribution in [2.45, 2.75) is 6.42 Å². The van der Waals surface area contributed by atoms with Gasteiger partial charge in [0.15, 0.2) is 0 Å². The molecule has 0 heterocycles. The summed E-state index contributed by atoms with van der Waals surface area (Å²) in [6.07, 6.45) is -0.0743. The second-order valence-electron chi connectivity index (χ2n) is 2.97. The van der Waals surface area contributed by atoms with Crippen LogP contribution in [0.4, 0.5) is 10.5 Å². The molecule has 1 aromatic carbocycles. The molecule has 0 aliphatic heterocycles. The fourth-order valence-corrected chi connectivity index (χ4v) is 1.06. The van der Waals surface area contributed by atoms with Gasteiger partial charge in [0, 0.05) is 17.7 Å². The first-order valence-corrected chi connectivity index (χ1v) is 4.81. The summed E-state index contributed by atoms with van der Waals surface area (Å²) in [5.41, 5.74) is 1.41. The molecule has 0 radical (unpaired) electrons. The van der Waals surface area contributed by atoms with Crippen molar-refractivity contribution in [3.05, 3.63) is 29.8 Å². The van der Waals surface area contributed by atoms with E-state index in [1.54, 1.807) is 18.2 Å². The summed E-state index contributed by atoms with van der Waals surface area (Å²) in [5.74, 6) is 5.68. The first-order chi connectivity index (χ1) is 7.76. The molecule has 16 heavy (non-hydrogen) atoms. The minimum atomic E-state index is -0.513. The molecule has 0 atom stereocenters. The Morgan fingerprint density at radius 1 is 1.56 bits per heavy atom. The van der Waals surface area contributed by atoms with Gasteiger partial charge in [0.25, 0.3) is 0 Å². The van der Waals surface area contributed by atoms with Gasteiger partial charge in [-0.25, -0.2) is 4.79 Å². The average molecular weight is 219 g/mol. The Balaban J connectivity index is 2.72. The molecule has 0 fully saturated rings. The van der Waals surface area contributed by atoms with E-state index in [9.17, 15) is 4.79 Å². The van der Waals surface area contributed by atoms with Gasteiger partial charge >= 0.3 is 6.09 Å². The van der Waals surface area contributed by atoms with Crippen LogP contribution in [0, 0.1) is 11.8 Å². The smallest absolute Gasteiger partial charge is 0.411 e. The van der Waals surface area contributed by atoms with Crippen LogP contribution in [-0.4, -0.2) is 24.9 Å². The van der Waals surface area contributed by atoms with Gasteiger partial charge in [-0.05, 0) is 18.2 Å². The van der Waals surface area contributed by atoms with E-state index in [1.165, 1.54) is 7.11 Å². The van der Waals surface area contributed by atoms with Crippen LogP contribution in [0.3, 0.4) is 0 Å². The topological polar surface area (TPSA) is 58.6 Å². The Morgan fingerprint density at radius 3 is 3.06 bits per heavy atom. The van der Waals surface area contributed by atoms with E-state index < -0.39 is 6.09 Å². The van der Waals surface area contributed by atoms with Crippen LogP contribution in [0.2, 0.25) is 0 Å². The summed E-state index contributed by atoms with van der Waals surface area (Å²) < 4.78 is 4.47. The standard InChI is InChI=1S/C12H13NO3/c1-16-12(15)13-11-7-4-6-10(9-11)5-2-3-8-14/h4,6-7,9,14H,3,8H2,1H3,(H,13,15). The van der Waals surface area contributed by atoms with Gasteiger partial charge in [0.05, 0.1) is 13.7 Å². The molecule has 4 nitrogen and oxygen atoms in total. The maximum atomic E-state index is 11.0. The summed E-state index contributed by atoms with van der Waals surface area (Å²) in [6.45, 7) is 0.0487. The van der Waals surface area contributed by atoms with Crippen molar-refractivity contribution < 1.29 is 14.6 Å². The lowest BCUT2D eigenvalue weighted by atomic mass is 10.2. The quantitative estimate of drug-likeness (QED) is 0.743. The molecular weight excluding hydrogens is 206 g/mol. The minimum Gasteiger partial charge on any atom is -0.453 e. The van der Waals surface area contributed by atoms with Gasteiger partial charge in [-0.1, -0.05) is 17.9 Å². The molecule has 0 aliphatic rings. The highest BCUT2D eigenvalue weighted by Crippen LogP contribution is 2.09. The highest BCUT2D eigenvalue weighted by molar-refractivity contribution is 5.84. The van der Waals surface area contributed by atoms with E-state index in [-0.39, 0.29) is 6.61 Å². The van der Waals surface area contributed by atoms with Gasteiger partial charge in [-0.3, -0.25) is 5.32 Å². The maximum Gasteiger partial charge on any atom is 0.411 e. The number of aliphatic hydroxyl groups excluding tert-OH is 1. The molecule has 1 rings (SSSR count). The molecule has 0 spiro atoms. The monoisotopic (exact) mass is 219 g/mol. The highest BCUT2D eigenvalue weighted by Gasteiger charge is 1.99. The predicted octanol–water partition coefficient (Wildman–Crippen LogP) is 1.60. The van der Waals surface area contributed by atoms with E-state index >= 15 is 0 Å². The number of anilines is 1. The fraction of sp³-hybridized carbons (Fsp3) is 0.250. The Labute approximate surface area is 94.2 Å². The summed E-state index contributed by atoms with van der Waals surface area (Å²) in [6, 6.07) is 7.09. The van der Waals surface area contributed by atoms with Crippen molar-refractivity contribution in [1.29, 1.82) is 0 Å². The number of carbonyl (C=O) groups excluding carboxylic acids is 1. The van der Waals surface area contributed by atoms with Crippen LogP contribution in [0.15, 0.2) is 24.3 Å². The third kappa shape index (κ3) is 4.03. The summed E-state index contributed by atoms with van der Waals surface area (Å²) in [7, 11) is 1.31. The van der Waals surface area contributed by atoms with Crippen molar-refractivity contribution in [2.75, 3.05) is 19.0 Å². The van der Waals surface area contributed by atoms with Crippen LogP contribution in [0.5, 0.6) is 0 Å². The fourth-order valence-electron chi connectivity index (χ4n) is 1.06. The van der Waals surface area contributed by atoms with Crippen molar-refractivity contribution in [2.24, 2.45) is 0 Å². The van der Waals surface area contributed by atoms with E-state index in [2.05, 4.69) is 21.9 Å². The molecule has 0 unspecified atom stereocenters. The zero-order chi connectivity index (χ0) is 11.8. The normalized spacial score (nSPS) is 8.88. The van der Waals surface area contributed by atoms with Crippen molar-refractivity contribution >= 4 is 11.8 Å². The van der Waals surface area contributed by atoms with Crippen molar-refractivity contribution in [1.82, 2.24) is 0 Å². The number of hydrogen-bond acceptors (Lipinski definition) is 3. The number of nitrogens with one attached hydrogen (secondary N) is 1. The van der Waals surface area contributed by atoms with E-state index in [1.807, 2.05) is 6.07 Å². The highest BCUT2D eigenvalue weighted by atomic mass is 16.5. The van der Waals surface area contributed by atoms with Crippen LogP contribution in [-0.2, 0) is 4.74 Å². The molecule has 0 aromatic heterocycles. The third-order valence-electron chi connectivity index (χ3n) is 1.76. The molecule has 2 N–H and O–H groups in total. The molecule has 1 aromatic rings. The number of benzene rings is 1. The maximum absolute atomic E-state index is 11.0. The van der Waals surface area contributed by atoms with Crippen molar-refractivity contribution in [3.63, 3.8) is 0 Å². The van der Waals surface area contributed by atoms with Crippen molar-refractivity contribution in [3.8, 4) is 11.8 Å². The van der Waals surface area contributed by atoms with Gasteiger partial charge in [0.2, 0.25) is 0 Å². The van der Waals surface area contributed by atoms with E-state index in [0.29, 0.717) is 12.1 Å². The first kappa shape index (κ1) is 12.1. The van der Waals surface area contributed by atoms with Gasteiger partial charge in [0.1, 0.15) is 0 Å². The molecule has 0 bridgehead atoms. The van der Waals surface area contributed by atoms with E-state index in [0.717, 1.165) is 5.56 Å². The molecular formula is C12H13NO3. The third-order valence-corrected chi connectivity index (χ3v) is 1.76. The SMILES string of the molecule is COC(=O)Nc1cccc(C#CCCO)c1. The lowest BCUT2D eigenvalue weighted by molar-refractivity contribution is 0.187. The Bertz CT molecular complexity index is 418. The molecule has 4 heteroatoms.